The predicted octanol–water partition coefficient (Wildman–Crippen LogP) is 4.13. The largest absolute Gasteiger partial charge is 0.453 e. The molecule has 3 atom stereocenters. The van der Waals surface area contributed by atoms with Crippen LogP contribution in [-0.2, 0) is 9.53 Å². The second-order valence-corrected chi connectivity index (χ2v) is 8.81. The maximum atomic E-state index is 13.3. The molecular formula is C21H27BrN4O3. The Morgan fingerprint density at radius 3 is 2.62 bits per heavy atom. The van der Waals surface area contributed by atoms with Gasteiger partial charge in [0.05, 0.1) is 25.0 Å². The van der Waals surface area contributed by atoms with Crippen molar-refractivity contribution in [3.8, 4) is 11.3 Å². The number of aromatic amines is 1. The maximum Gasteiger partial charge on any atom is 0.407 e. The zero-order valence-corrected chi connectivity index (χ0v) is 18.7. The molecule has 1 saturated heterocycles. The second kappa shape index (κ2) is 8.98. The first kappa shape index (κ1) is 21.4. The zero-order chi connectivity index (χ0) is 21.1. The summed E-state index contributed by atoms with van der Waals surface area (Å²) in [7, 11) is 1.30. The topological polar surface area (TPSA) is 87.3 Å². The molecule has 1 aliphatic rings. The number of carbonyl (C=O) groups excluding carboxylic acids is 2. The van der Waals surface area contributed by atoms with E-state index in [2.05, 4.69) is 38.1 Å². The van der Waals surface area contributed by atoms with Gasteiger partial charge in [-0.1, -0.05) is 48.8 Å². The number of halogens is 1. The van der Waals surface area contributed by atoms with E-state index >= 15 is 0 Å². The van der Waals surface area contributed by atoms with Crippen molar-refractivity contribution < 1.29 is 14.3 Å². The number of alkyl carbamates (subject to hydrolysis) is 1. The lowest BCUT2D eigenvalue weighted by molar-refractivity contribution is -0.135. The number of hydrogen-bond acceptors (Lipinski definition) is 4. The van der Waals surface area contributed by atoms with E-state index in [-0.39, 0.29) is 17.9 Å². The molecule has 0 bridgehead atoms. The molecule has 1 aromatic heterocycles. The Balaban J connectivity index is 1.84. The Morgan fingerprint density at radius 2 is 2.00 bits per heavy atom. The Bertz CT molecular complexity index is 865. The minimum absolute atomic E-state index is 0.0620. The molecule has 0 aliphatic carbocycles. The van der Waals surface area contributed by atoms with Crippen LogP contribution in [0.1, 0.15) is 39.1 Å². The minimum atomic E-state index is -0.642. The van der Waals surface area contributed by atoms with Gasteiger partial charge >= 0.3 is 6.09 Å². The summed E-state index contributed by atoms with van der Waals surface area (Å²) in [5, 5.41) is 2.68. The number of carbonyl (C=O) groups is 2. The highest BCUT2D eigenvalue weighted by atomic mass is 79.9. The summed E-state index contributed by atoms with van der Waals surface area (Å²) < 4.78 is 5.71. The van der Waals surface area contributed by atoms with E-state index < -0.39 is 12.1 Å². The van der Waals surface area contributed by atoms with Crippen molar-refractivity contribution in [2.24, 2.45) is 11.8 Å². The van der Waals surface area contributed by atoms with Crippen LogP contribution in [0, 0.1) is 11.8 Å². The van der Waals surface area contributed by atoms with Crippen molar-refractivity contribution in [2.45, 2.75) is 39.3 Å². The molecule has 7 nitrogen and oxygen atoms in total. The van der Waals surface area contributed by atoms with Crippen LogP contribution in [0.25, 0.3) is 11.3 Å². The molecule has 2 heterocycles. The van der Waals surface area contributed by atoms with Crippen molar-refractivity contribution in [2.75, 3.05) is 13.7 Å². The summed E-state index contributed by atoms with van der Waals surface area (Å²) in [6.07, 6.45) is 2.02. The monoisotopic (exact) mass is 462 g/mol. The van der Waals surface area contributed by atoms with Gasteiger partial charge in [0.1, 0.15) is 11.9 Å². The number of aromatic nitrogens is 2. The van der Waals surface area contributed by atoms with E-state index in [9.17, 15) is 9.59 Å². The highest BCUT2D eigenvalue weighted by Gasteiger charge is 2.40. The van der Waals surface area contributed by atoms with Gasteiger partial charge in [-0.3, -0.25) is 4.79 Å². The quantitative estimate of drug-likeness (QED) is 0.698. The number of nitrogens with one attached hydrogen (secondary N) is 2. The van der Waals surface area contributed by atoms with Crippen LogP contribution < -0.4 is 5.32 Å². The third-order valence-corrected chi connectivity index (χ3v) is 5.78. The smallest absolute Gasteiger partial charge is 0.407 e. The lowest BCUT2D eigenvalue weighted by Crippen LogP contribution is -2.51. The fraction of sp³-hybridized carbons (Fsp3) is 0.476. The number of H-pyrrole nitrogens is 1. The molecule has 1 fully saturated rings. The fourth-order valence-electron chi connectivity index (χ4n) is 3.71. The van der Waals surface area contributed by atoms with E-state index in [0.29, 0.717) is 12.5 Å². The molecule has 0 radical (unpaired) electrons. The molecule has 2 N–H and O–H groups in total. The average Bonchev–Trinajstić information content (AvgIpc) is 3.32. The first-order valence-corrected chi connectivity index (χ1v) is 10.5. The Hall–Kier alpha value is -2.35. The third-order valence-electron chi connectivity index (χ3n) is 5.25. The van der Waals surface area contributed by atoms with Gasteiger partial charge in [0.15, 0.2) is 0 Å². The molecule has 2 amide bonds. The van der Waals surface area contributed by atoms with Crippen molar-refractivity contribution in [3.05, 3.63) is 40.8 Å². The normalized spacial score (nSPS) is 20.0. The van der Waals surface area contributed by atoms with Crippen LogP contribution in [0.3, 0.4) is 0 Å². The number of nitrogens with zero attached hydrogens (tertiary/aromatic N) is 2. The zero-order valence-electron chi connectivity index (χ0n) is 17.1. The first-order chi connectivity index (χ1) is 13.8. The molecular weight excluding hydrogens is 436 g/mol. The van der Waals surface area contributed by atoms with Crippen LogP contribution >= 0.6 is 15.9 Å². The lowest BCUT2D eigenvalue weighted by Gasteiger charge is -2.30. The summed E-state index contributed by atoms with van der Waals surface area (Å²) in [4.78, 5) is 34.8. The number of likely N-dealkylation sites (tertiary alicyclic amines) is 1. The highest BCUT2D eigenvalue weighted by molar-refractivity contribution is 9.10. The molecule has 0 unspecified atom stereocenters. The van der Waals surface area contributed by atoms with Gasteiger partial charge in [-0.05, 0) is 36.0 Å². The van der Waals surface area contributed by atoms with Crippen molar-refractivity contribution in [3.63, 3.8) is 0 Å². The number of rotatable bonds is 5. The van der Waals surface area contributed by atoms with Crippen LogP contribution in [0.2, 0.25) is 0 Å². The van der Waals surface area contributed by atoms with Crippen molar-refractivity contribution in [1.82, 2.24) is 20.2 Å². The molecule has 8 heteroatoms. The van der Waals surface area contributed by atoms with Crippen LogP contribution in [-0.4, -0.2) is 46.6 Å². The maximum absolute atomic E-state index is 13.3. The second-order valence-electron chi connectivity index (χ2n) is 7.89. The standard InChI is InChI=1S/C21H27BrN4O3/c1-12(2)18(25-21(28)29-4)20(27)26-11-13(3)9-17(26)19-23-10-16(24-19)14-5-7-15(22)8-6-14/h5-8,10,12-13,17-18H,9,11H2,1-4H3,(H,23,24)(H,25,28)/t13-,17-,18-/m0/s1. The van der Waals surface area contributed by atoms with E-state index in [1.807, 2.05) is 43.0 Å². The third kappa shape index (κ3) is 4.80. The van der Waals surface area contributed by atoms with Crippen LogP contribution in [0.4, 0.5) is 4.79 Å². The average molecular weight is 463 g/mol. The van der Waals surface area contributed by atoms with Crippen LogP contribution in [0.5, 0.6) is 0 Å². The van der Waals surface area contributed by atoms with E-state index in [0.717, 1.165) is 28.0 Å². The molecule has 2 aromatic rings. The van der Waals surface area contributed by atoms with Crippen molar-refractivity contribution in [1.29, 1.82) is 0 Å². The number of ether oxygens (including phenoxy) is 1. The summed E-state index contributed by atoms with van der Waals surface area (Å²) in [5.41, 5.74) is 1.94. The van der Waals surface area contributed by atoms with Gasteiger partial charge in [-0.25, -0.2) is 9.78 Å². The number of imidazole rings is 1. The number of benzene rings is 1. The summed E-state index contributed by atoms with van der Waals surface area (Å²) >= 11 is 3.45. The van der Waals surface area contributed by atoms with Gasteiger partial charge in [-0.2, -0.15) is 0 Å². The van der Waals surface area contributed by atoms with Crippen LogP contribution in [0.15, 0.2) is 34.9 Å². The Morgan fingerprint density at radius 1 is 1.31 bits per heavy atom. The van der Waals surface area contributed by atoms with Gasteiger partial charge in [0, 0.05) is 11.0 Å². The van der Waals surface area contributed by atoms with E-state index in [1.165, 1.54) is 7.11 Å². The van der Waals surface area contributed by atoms with Gasteiger partial charge in [-0.15, -0.1) is 0 Å². The number of hydrogen-bond donors (Lipinski definition) is 2. The van der Waals surface area contributed by atoms with Gasteiger partial charge in [0.2, 0.25) is 5.91 Å². The summed E-state index contributed by atoms with van der Waals surface area (Å²) in [5.74, 6) is 0.937. The number of methoxy groups -OCH3 is 1. The predicted molar refractivity (Wildman–Crippen MR) is 114 cm³/mol. The minimum Gasteiger partial charge on any atom is -0.453 e. The van der Waals surface area contributed by atoms with Gasteiger partial charge < -0.3 is 19.9 Å². The Labute approximate surface area is 179 Å². The lowest BCUT2D eigenvalue weighted by atomic mass is 10.0. The molecule has 156 valence electrons. The molecule has 1 aliphatic heterocycles. The molecule has 3 rings (SSSR count). The molecule has 29 heavy (non-hydrogen) atoms. The van der Waals surface area contributed by atoms with E-state index in [1.54, 1.807) is 6.20 Å². The number of amides is 2. The molecule has 0 saturated carbocycles. The Kier molecular flexibility index (Phi) is 6.62. The molecule has 0 spiro atoms. The molecule has 1 aromatic carbocycles. The summed E-state index contributed by atoms with van der Waals surface area (Å²) in [6.45, 7) is 6.57. The summed E-state index contributed by atoms with van der Waals surface area (Å²) in [6, 6.07) is 7.19. The highest BCUT2D eigenvalue weighted by Crippen LogP contribution is 2.35. The van der Waals surface area contributed by atoms with Gasteiger partial charge in [0.25, 0.3) is 0 Å². The SMILES string of the molecule is COC(=O)N[C@H](C(=O)N1C[C@@H](C)C[C@H]1c1ncc(-c2ccc(Br)cc2)[nH]1)C(C)C. The van der Waals surface area contributed by atoms with E-state index in [4.69, 9.17) is 4.74 Å². The first-order valence-electron chi connectivity index (χ1n) is 9.76. The van der Waals surface area contributed by atoms with Crippen molar-refractivity contribution >= 4 is 27.9 Å². The fourth-order valence-corrected chi connectivity index (χ4v) is 3.97.